The molecule has 31 heavy (non-hydrogen) atoms. The minimum absolute atomic E-state index is 0.122. The van der Waals surface area contributed by atoms with Crippen molar-refractivity contribution < 1.29 is 0 Å². The van der Waals surface area contributed by atoms with Crippen molar-refractivity contribution in [2.24, 2.45) is 5.73 Å². The lowest BCUT2D eigenvalue weighted by Gasteiger charge is -2.27. The summed E-state index contributed by atoms with van der Waals surface area (Å²) in [5.74, 6) is 1.49. The van der Waals surface area contributed by atoms with Crippen molar-refractivity contribution in [1.82, 2.24) is 19.5 Å². The minimum Gasteiger partial charge on any atom is -0.362 e. The fourth-order valence-electron chi connectivity index (χ4n) is 5.01. The van der Waals surface area contributed by atoms with E-state index in [0.717, 1.165) is 42.7 Å². The highest BCUT2D eigenvalue weighted by Crippen LogP contribution is 2.34. The zero-order chi connectivity index (χ0) is 21.2. The second kappa shape index (κ2) is 8.83. The van der Waals surface area contributed by atoms with Gasteiger partial charge in [0.2, 0.25) is 5.95 Å². The van der Waals surface area contributed by atoms with E-state index in [0.29, 0.717) is 24.1 Å². The van der Waals surface area contributed by atoms with E-state index in [1.165, 1.54) is 31.2 Å². The first-order valence-corrected chi connectivity index (χ1v) is 11.8. The van der Waals surface area contributed by atoms with Crippen molar-refractivity contribution in [2.75, 3.05) is 10.6 Å². The summed E-state index contributed by atoms with van der Waals surface area (Å²) in [7, 11) is 0. The summed E-state index contributed by atoms with van der Waals surface area (Å²) < 4.78 is 2.27. The smallest absolute Gasteiger partial charge is 0.227 e. The summed E-state index contributed by atoms with van der Waals surface area (Å²) in [6, 6.07) is 11.8. The van der Waals surface area contributed by atoms with Gasteiger partial charge in [-0.05, 0) is 51.0 Å². The number of aromatic nitrogens is 4. The van der Waals surface area contributed by atoms with Gasteiger partial charge in [0.15, 0.2) is 17.0 Å². The molecule has 1 atom stereocenters. The van der Waals surface area contributed by atoms with Gasteiger partial charge < -0.3 is 20.9 Å². The Morgan fingerprint density at radius 1 is 1.00 bits per heavy atom. The molecule has 4 N–H and O–H groups in total. The van der Waals surface area contributed by atoms with Crippen LogP contribution in [0.5, 0.6) is 0 Å². The average Bonchev–Trinajstić information content (AvgIpc) is 3.46. The standard InChI is InChI=1S/C24H33N7/c1-16(17-7-3-2-4-8-17)27-22-21-23(31(15-26-21)20-9-5-6-10-20)30-24(29-22)28-19-13-11-18(25)12-14-19/h2-4,7-8,15-16,18-20H,5-6,9-14,25H2,1H3,(H2,27,28,29,30)/t16-,18-,19-/m0/s1. The van der Waals surface area contributed by atoms with Crippen LogP contribution in [0.4, 0.5) is 11.8 Å². The quantitative estimate of drug-likeness (QED) is 0.531. The van der Waals surface area contributed by atoms with Crippen molar-refractivity contribution in [3.63, 3.8) is 0 Å². The number of rotatable bonds is 6. The fourth-order valence-corrected chi connectivity index (χ4v) is 5.01. The first-order valence-electron chi connectivity index (χ1n) is 11.8. The molecule has 7 nitrogen and oxygen atoms in total. The van der Waals surface area contributed by atoms with E-state index < -0.39 is 0 Å². The Labute approximate surface area is 183 Å². The first kappa shape index (κ1) is 20.2. The fraction of sp³-hybridized carbons (Fsp3) is 0.542. The number of nitrogens with zero attached hydrogens (tertiary/aromatic N) is 4. The molecule has 2 saturated carbocycles. The maximum absolute atomic E-state index is 6.09. The third kappa shape index (κ3) is 4.37. The number of imidazole rings is 1. The summed E-state index contributed by atoms with van der Waals surface area (Å²) in [6.07, 6.45) is 11.1. The van der Waals surface area contributed by atoms with Crippen LogP contribution in [0, 0.1) is 0 Å². The average molecular weight is 420 g/mol. The summed E-state index contributed by atoms with van der Waals surface area (Å²) in [5, 5.41) is 7.20. The topological polar surface area (TPSA) is 93.7 Å². The van der Waals surface area contributed by atoms with Gasteiger partial charge in [0.1, 0.15) is 0 Å². The Bertz CT molecular complexity index is 1000. The number of anilines is 2. The van der Waals surface area contributed by atoms with Crippen LogP contribution in [0.1, 0.15) is 75.9 Å². The lowest BCUT2D eigenvalue weighted by atomic mass is 9.92. The molecule has 5 rings (SSSR count). The highest BCUT2D eigenvalue weighted by atomic mass is 15.2. The molecular formula is C24H33N7. The van der Waals surface area contributed by atoms with Crippen LogP contribution in [-0.4, -0.2) is 31.6 Å². The largest absolute Gasteiger partial charge is 0.362 e. The number of fused-ring (bicyclic) bond motifs is 1. The minimum atomic E-state index is 0.122. The van der Waals surface area contributed by atoms with Crippen molar-refractivity contribution >= 4 is 22.9 Å². The molecule has 0 radical (unpaired) electrons. The van der Waals surface area contributed by atoms with Gasteiger partial charge in [-0.1, -0.05) is 43.2 Å². The SMILES string of the molecule is C[C@H](Nc1nc(N[C@H]2CC[C@H](N)CC2)nc2c1ncn2C1CCCC1)c1ccccc1. The normalized spacial score (nSPS) is 23.2. The maximum Gasteiger partial charge on any atom is 0.227 e. The predicted molar refractivity (Wildman–Crippen MR) is 125 cm³/mol. The Balaban J connectivity index is 1.48. The zero-order valence-corrected chi connectivity index (χ0v) is 18.3. The molecule has 2 aliphatic rings. The molecule has 0 unspecified atom stereocenters. The molecule has 2 aliphatic carbocycles. The molecule has 1 aromatic carbocycles. The van der Waals surface area contributed by atoms with Gasteiger partial charge >= 0.3 is 0 Å². The molecule has 2 aromatic heterocycles. The zero-order valence-electron chi connectivity index (χ0n) is 18.3. The van der Waals surface area contributed by atoms with Crippen LogP contribution in [0.25, 0.3) is 11.2 Å². The number of nitrogens with one attached hydrogen (secondary N) is 2. The van der Waals surface area contributed by atoms with Crippen LogP contribution >= 0.6 is 0 Å². The first-order chi connectivity index (χ1) is 15.2. The lowest BCUT2D eigenvalue weighted by molar-refractivity contribution is 0.410. The van der Waals surface area contributed by atoms with E-state index in [1.807, 2.05) is 12.4 Å². The summed E-state index contributed by atoms with van der Waals surface area (Å²) in [4.78, 5) is 14.6. The molecule has 3 aromatic rings. The number of nitrogens with two attached hydrogens (primary N) is 1. The van der Waals surface area contributed by atoms with Gasteiger partial charge in [0.25, 0.3) is 0 Å². The van der Waals surface area contributed by atoms with Crippen LogP contribution in [0.2, 0.25) is 0 Å². The molecule has 0 amide bonds. The van der Waals surface area contributed by atoms with Gasteiger partial charge in [0, 0.05) is 18.1 Å². The van der Waals surface area contributed by atoms with Gasteiger partial charge in [-0.15, -0.1) is 0 Å². The van der Waals surface area contributed by atoms with E-state index in [9.17, 15) is 0 Å². The van der Waals surface area contributed by atoms with E-state index in [-0.39, 0.29) is 6.04 Å². The monoisotopic (exact) mass is 419 g/mol. The van der Waals surface area contributed by atoms with Crippen LogP contribution in [0.15, 0.2) is 36.7 Å². The third-order valence-corrected chi connectivity index (χ3v) is 6.90. The molecule has 164 valence electrons. The predicted octanol–water partition coefficient (Wildman–Crippen LogP) is 4.80. The van der Waals surface area contributed by atoms with Gasteiger partial charge in [-0.3, -0.25) is 0 Å². The molecule has 2 fully saturated rings. The van der Waals surface area contributed by atoms with E-state index in [4.69, 9.17) is 20.7 Å². The van der Waals surface area contributed by atoms with Gasteiger partial charge in [0.05, 0.1) is 12.4 Å². The van der Waals surface area contributed by atoms with Crippen LogP contribution in [-0.2, 0) is 0 Å². The molecule has 7 heteroatoms. The lowest BCUT2D eigenvalue weighted by Crippen LogP contribution is -2.33. The van der Waals surface area contributed by atoms with Crippen LogP contribution < -0.4 is 16.4 Å². The van der Waals surface area contributed by atoms with E-state index in [2.05, 4.69) is 46.4 Å². The second-order valence-electron chi connectivity index (χ2n) is 9.19. The van der Waals surface area contributed by atoms with Crippen molar-refractivity contribution in [3.8, 4) is 0 Å². The summed E-state index contributed by atoms with van der Waals surface area (Å²) >= 11 is 0. The maximum atomic E-state index is 6.09. The summed E-state index contributed by atoms with van der Waals surface area (Å²) in [6.45, 7) is 2.16. The van der Waals surface area contributed by atoms with E-state index in [1.54, 1.807) is 0 Å². The highest BCUT2D eigenvalue weighted by molar-refractivity contribution is 5.84. The van der Waals surface area contributed by atoms with Crippen molar-refractivity contribution in [1.29, 1.82) is 0 Å². The molecule has 0 saturated heterocycles. The molecule has 0 spiro atoms. The highest BCUT2D eigenvalue weighted by Gasteiger charge is 2.24. The second-order valence-corrected chi connectivity index (χ2v) is 9.19. The Hall–Kier alpha value is -2.67. The van der Waals surface area contributed by atoms with Crippen molar-refractivity contribution in [2.45, 2.75) is 82.5 Å². The molecule has 0 bridgehead atoms. The molecule has 0 aliphatic heterocycles. The summed E-state index contributed by atoms with van der Waals surface area (Å²) in [5.41, 5.74) is 9.10. The van der Waals surface area contributed by atoms with Crippen molar-refractivity contribution in [3.05, 3.63) is 42.2 Å². The van der Waals surface area contributed by atoms with Crippen LogP contribution in [0.3, 0.4) is 0 Å². The van der Waals surface area contributed by atoms with Gasteiger partial charge in [-0.2, -0.15) is 9.97 Å². The number of benzene rings is 1. The van der Waals surface area contributed by atoms with Gasteiger partial charge in [-0.25, -0.2) is 4.98 Å². The Kier molecular flexibility index (Phi) is 5.76. The Morgan fingerprint density at radius 3 is 2.48 bits per heavy atom. The Morgan fingerprint density at radius 2 is 1.74 bits per heavy atom. The van der Waals surface area contributed by atoms with E-state index >= 15 is 0 Å². The molecule has 2 heterocycles. The number of hydrogen-bond acceptors (Lipinski definition) is 6. The third-order valence-electron chi connectivity index (χ3n) is 6.90. The number of hydrogen-bond donors (Lipinski definition) is 3. The molecular weight excluding hydrogens is 386 g/mol.